The Hall–Kier alpha value is -1.37. The summed E-state index contributed by atoms with van der Waals surface area (Å²) in [4.78, 5) is 11.9. The van der Waals surface area contributed by atoms with Crippen molar-refractivity contribution >= 4 is 5.91 Å². The van der Waals surface area contributed by atoms with Crippen molar-refractivity contribution < 1.29 is 18.7 Å². The Labute approximate surface area is 118 Å². The molecule has 1 aliphatic heterocycles. The van der Waals surface area contributed by atoms with Crippen LogP contribution in [0.5, 0.6) is 0 Å². The first-order chi connectivity index (χ1) is 9.65. The van der Waals surface area contributed by atoms with Gasteiger partial charge in [0.15, 0.2) is 0 Å². The summed E-state index contributed by atoms with van der Waals surface area (Å²) in [6, 6.07) is 3.33. The molecule has 1 amide bonds. The molecule has 2 rings (SSSR count). The highest BCUT2D eigenvalue weighted by Gasteiger charge is 2.35. The quantitative estimate of drug-likeness (QED) is 0.769. The second kappa shape index (κ2) is 6.88. The van der Waals surface area contributed by atoms with Crippen molar-refractivity contribution in [3.8, 4) is 0 Å². The van der Waals surface area contributed by atoms with Gasteiger partial charge in [-0.25, -0.2) is 0 Å². The lowest BCUT2D eigenvalue weighted by atomic mass is 10.0. The molecular weight excluding hydrogens is 260 g/mol. The zero-order chi connectivity index (χ0) is 14.4. The van der Waals surface area contributed by atoms with Crippen LogP contribution in [0.4, 0.5) is 0 Å². The monoisotopic (exact) mass is 282 g/mol. The van der Waals surface area contributed by atoms with Crippen molar-refractivity contribution in [1.29, 1.82) is 0 Å². The fourth-order valence-corrected chi connectivity index (χ4v) is 2.13. The summed E-state index contributed by atoms with van der Waals surface area (Å²) in [6.07, 6.45) is 2.43. The van der Waals surface area contributed by atoms with Crippen molar-refractivity contribution in [2.45, 2.75) is 31.5 Å². The topological polar surface area (TPSA) is 72.7 Å². The van der Waals surface area contributed by atoms with Crippen LogP contribution >= 0.6 is 0 Å². The molecule has 6 heteroatoms. The number of amides is 1. The van der Waals surface area contributed by atoms with E-state index in [1.165, 1.54) is 0 Å². The second-order valence-electron chi connectivity index (χ2n) is 5.09. The zero-order valence-corrected chi connectivity index (χ0v) is 12.0. The minimum Gasteiger partial charge on any atom is -0.467 e. The predicted octanol–water partition coefficient (Wildman–Crippen LogP) is 0.679. The number of ether oxygens (including phenoxy) is 2. The fraction of sp³-hybridized carbons (Fsp3) is 0.643. The number of nitrogens with one attached hydrogen (secondary N) is 2. The minimum absolute atomic E-state index is 0.0634. The van der Waals surface area contributed by atoms with E-state index < -0.39 is 0 Å². The minimum atomic E-state index is -0.310. The van der Waals surface area contributed by atoms with Gasteiger partial charge in [-0.3, -0.25) is 4.79 Å². The molecule has 0 radical (unpaired) electrons. The molecule has 0 aliphatic carbocycles. The van der Waals surface area contributed by atoms with Crippen LogP contribution < -0.4 is 10.6 Å². The van der Waals surface area contributed by atoms with E-state index in [1.807, 2.05) is 13.0 Å². The van der Waals surface area contributed by atoms with Gasteiger partial charge in [0.25, 0.3) is 0 Å². The largest absolute Gasteiger partial charge is 0.467 e. The first-order valence-corrected chi connectivity index (χ1v) is 6.82. The van der Waals surface area contributed by atoms with Gasteiger partial charge in [-0.05, 0) is 19.1 Å². The van der Waals surface area contributed by atoms with Crippen LogP contribution in [0.25, 0.3) is 0 Å². The summed E-state index contributed by atoms with van der Waals surface area (Å²) in [5, 5.41) is 6.02. The molecule has 0 bridgehead atoms. The molecule has 0 spiro atoms. The number of methoxy groups -OCH3 is 1. The zero-order valence-electron chi connectivity index (χ0n) is 12.0. The van der Waals surface area contributed by atoms with Gasteiger partial charge in [-0.2, -0.15) is 0 Å². The Kier molecular flexibility index (Phi) is 5.17. The van der Waals surface area contributed by atoms with E-state index in [4.69, 9.17) is 13.9 Å². The lowest BCUT2D eigenvalue weighted by Gasteiger charge is -2.27. The standard InChI is InChI=1S/C14H22N2O4/c1-11(13(17)15-8-12-4-3-6-20-12)16-9-14(18-2)5-7-19-10-14/h3-4,6,11,16H,5,7-10H2,1-2H3,(H,15,17). The number of furan rings is 1. The first-order valence-electron chi connectivity index (χ1n) is 6.82. The van der Waals surface area contributed by atoms with Gasteiger partial charge >= 0.3 is 0 Å². The smallest absolute Gasteiger partial charge is 0.237 e. The molecule has 2 unspecified atom stereocenters. The molecule has 112 valence electrons. The molecule has 1 aromatic rings. The maximum Gasteiger partial charge on any atom is 0.237 e. The van der Waals surface area contributed by atoms with Crippen molar-refractivity contribution in [3.63, 3.8) is 0 Å². The molecule has 2 atom stereocenters. The van der Waals surface area contributed by atoms with E-state index in [0.717, 1.165) is 12.2 Å². The molecule has 6 nitrogen and oxygen atoms in total. The SMILES string of the molecule is COC1(CNC(C)C(=O)NCc2ccco2)CCOC1. The van der Waals surface area contributed by atoms with Crippen LogP contribution in [0.15, 0.2) is 22.8 Å². The highest BCUT2D eigenvalue weighted by molar-refractivity contribution is 5.81. The van der Waals surface area contributed by atoms with E-state index in [2.05, 4.69) is 10.6 Å². The van der Waals surface area contributed by atoms with Crippen molar-refractivity contribution in [3.05, 3.63) is 24.2 Å². The molecule has 1 aliphatic rings. The predicted molar refractivity (Wildman–Crippen MR) is 73.2 cm³/mol. The lowest BCUT2D eigenvalue weighted by molar-refractivity contribution is -0.123. The van der Waals surface area contributed by atoms with Crippen LogP contribution in [-0.4, -0.2) is 44.4 Å². The van der Waals surface area contributed by atoms with E-state index in [-0.39, 0.29) is 17.6 Å². The summed E-state index contributed by atoms with van der Waals surface area (Å²) in [7, 11) is 1.68. The molecule has 1 fully saturated rings. The Morgan fingerprint density at radius 1 is 1.60 bits per heavy atom. The molecule has 20 heavy (non-hydrogen) atoms. The number of rotatable bonds is 7. The van der Waals surface area contributed by atoms with Crippen molar-refractivity contribution in [1.82, 2.24) is 10.6 Å². The van der Waals surface area contributed by atoms with E-state index in [1.54, 1.807) is 19.4 Å². The van der Waals surface area contributed by atoms with Gasteiger partial charge in [-0.15, -0.1) is 0 Å². The van der Waals surface area contributed by atoms with Crippen LogP contribution in [0.3, 0.4) is 0 Å². The normalized spacial score (nSPS) is 23.7. The van der Waals surface area contributed by atoms with E-state index in [9.17, 15) is 4.79 Å². The summed E-state index contributed by atoms with van der Waals surface area (Å²) >= 11 is 0. The third kappa shape index (κ3) is 3.82. The number of hydrogen-bond donors (Lipinski definition) is 2. The van der Waals surface area contributed by atoms with Gasteiger partial charge in [0.2, 0.25) is 5.91 Å². The molecule has 0 saturated carbocycles. The highest BCUT2D eigenvalue weighted by Crippen LogP contribution is 2.21. The van der Waals surface area contributed by atoms with Gasteiger partial charge in [0.1, 0.15) is 11.4 Å². The van der Waals surface area contributed by atoms with Crippen LogP contribution in [0.1, 0.15) is 19.1 Å². The third-order valence-electron chi connectivity index (χ3n) is 3.64. The number of carbonyl (C=O) groups excluding carboxylic acids is 1. The molecule has 2 heterocycles. The van der Waals surface area contributed by atoms with Crippen molar-refractivity contribution in [2.24, 2.45) is 0 Å². The Morgan fingerprint density at radius 2 is 2.45 bits per heavy atom. The Morgan fingerprint density at radius 3 is 3.05 bits per heavy atom. The average molecular weight is 282 g/mol. The number of carbonyl (C=O) groups is 1. The van der Waals surface area contributed by atoms with Gasteiger partial charge in [-0.1, -0.05) is 0 Å². The van der Waals surface area contributed by atoms with E-state index >= 15 is 0 Å². The maximum absolute atomic E-state index is 11.9. The van der Waals surface area contributed by atoms with E-state index in [0.29, 0.717) is 26.3 Å². The fourth-order valence-electron chi connectivity index (χ4n) is 2.13. The van der Waals surface area contributed by atoms with Gasteiger partial charge < -0.3 is 24.5 Å². The number of hydrogen-bond acceptors (Lipinski definition) is 5. The molecule has 1 saturated heterocycles. The summed E-state index contributed by atoms with van der Waals surface area (Å²) in [6.45, 7) is 4.09. The van der Waals surface area contributed by atoms with Crippen molar-refractivity contribution in [2.75, 3.05) is 26.9 Å². The Balaban J connectivity index is 1.73. The second-order valence-corrected chi connectivity index (χ2v) is 5.09. The van der Waals surface area contributed by atoms with Crippen LogP contribution in [0, 0.1) is 0 Å². The molecular formula is C14H22N2O4. The molecule has 0 aromatic carbocycles. The third-order valence-corrected chi connectivity index (χ3v) is 3.64. The average Bonchev–Trinajstić information content (AvgIpc) is 3.14. The first kappa shape index (κ1) is 15.0. The summed E-state index contributed by atoms with van der Waals surface area (Å²) < 4.78 is 16.0. The summed E-state index contributed by atoms with van der Waals surface area (Å²) in [5.41, 5.74) is -0.310. The summed E-state index contributed by atoms with van der Waals surface area (Å²) in [5.74, 6) is 0.676. The molecule has 2 N–H and O–H groups in total. The highest BCUT2D eigenvalue weighted by atomic mass is 16.5. The van der Waals surface area contributed by atoms with Gasteiger partial charge in [0.05, 0.1) is 25.5 Å². The van der Waals surface area contributed by atoms with Crippen LogP contribution in [0.2, 0.25) is 0 Å². The van der Waals surface area contributed by atoms with Gasteiger partial charge in [0, 0.05) is 26.7 Å². The van der Waals surface area contributed by atoms with Crippen LogP contribution in [-0.2, 0) is 20.8 Å². The lowest BCUT2D eigenvalue weighted by Crippen LogP contribution is -2.50. The molecule has 1 aromatic heterocycles. The Bertz CT molecular complexity index is 413. The maximum atomic E-state index is 11.9.